The van der Waals surface area contributed by atoms with Crippen LogP contribution < -0.4 is 4.72 Å². The maximum absolute atomic E-state index is 10.6. The van der Waals surface area contributed by atoms with Crippen molar-refractivity contribution in [2.45, 2.75) is 26.2 Å². The Labute approximate surface area is 117 Å². The summed E-state index contributed by atoms with van der Waals surface area (Å²) in [5.74, 6) is 0.241. The standard InChI is InChI=1S/C16H23NOS/c1-4-17-19(16(18)13(2)3)11-10-15(12-19)14-8-6-5-7-9-14/h5-13,16-18H,4H2,1-3H3. The summed E-state index contributed by atoms with van der Waals surface area (Å²) in [5, 5.41) is 15.0. The summed E-state index contributed by atoms with van der Waals surface area (Å²) >= 11 is 0. The van der Waals surface area contributed by atoms with E-state index in [1.54, 1.807) is 0 Å². The molecule has 0 aromatic heterocycles. The van der Waals surface area contributed by atoms with E-state index in [1.807, 2.05) is 18.2 Å². The van der Waals surface area contributed by atoms with Crippen LogP contribution in [0.4, 0.5) is 0 Å². The monoisotopic (exact) mass is 277 g/mol. The molecule has 104 valence electrons. The van der Waals surface area contributed by atoms with Gasteiger partial charge in [-0.1, -0.05) is 51.1 Å². The van der Waals surface area contributed by atoms with Crippen molar-refractivity contribution < 1.29 is 5.11 Å². The van der Waals surface area contributed by atoms with Crippen molar-refractivity contribution in [3.63, 3.8) is 0 Å². The molecule has 2 N–H and O–H groups in total. The maximum atomic E-state index is 10.6. The molecule has 0 bridgehead atoms. The lowest BCUT2D eigenvalue weighted by Gasteiger charge is -2.39. The van der Waals surface area contributed by atoms with Gasteiger partial charge in [0.15, 0.2) is 0 Å². The SMILES string of the molecule is CCNS1(C(O)C(C)C)C=CC(c2ccccc2)=C1. The van der Waals surface area contributed by atoms with Crippen LogP contribution in [-0.4, -0.2) is 17.1 Å². The summed E-state index contributed by atoms with van der Waals surface area (Å²) < 4.78 is 3.51. The Balaban J connectivity index is 2.34. The minimum Gasteiger partial charge on any atom is -0.382 e. The highest BCUT2D eigenvalue weighted by atomic mass is 32.3. The first-order valence-electron chi connectivity index (χ1n) is 6.79. The Kier molecular flexibility index (Phi) is 4.50. The number of rotatable bonds is 5. The Morgan fingerprint density at radius 3 is 2.47 bits per heavy atom. The number of nitrogens with one attached hydrogen (secondary N) is 1. The van der Waals surface area contributed by atoms with E-state index in [0.29, 0.717) is 0 Å². The number of benzene rings is 1. The Bertz CT molecular complexity index is 481. The molecule has 2 rings (SSSR count). The number of aliphatic hydroxyl groups is 1. The molecule has 0 radical (unpaired) electrons. The second-order valence-electron chi connectivity index (χ2n) is 5.14. The maximum Gasteiger partial charge on any atom is 0.104 e. The van der Waals surface area contributed by atoms with E-state index in [4.69, 9.17) is 0 Å². The highest BCUT2D eigenvalue weighted by Crippen LogP contribution is 2.58. The molecule has 1 heterocycles. The third-order valence-electron chi connectivity index (χ3n) is 3.27. The van der Waals surface area contributed by atoms with Crippen LogP contribution in [-0.2, 0) is 0 Å². The third kappa shape index (κ3) is 2.94. The predicted octanol–water partition coefficient (Wildman–Crippen LogP) is 3.86. The largest absolute Gasteiger partial charge is 0.382 e. The first-order chi connectivity index (χ1) is 9.09. The molecular weight excluding hydrogens is 254 g/mol. The van der Waals surface area contributed by atoms with Gasteiger partial charge in [0.2, 0.25) is 0 Å². The molecule has 1 aromatic carbocycles. The molecule has 1 aliphatic rings. The van der Waals surface area contributed by atoms with Crippen LogP contribution >= 0.6 is 10.2 Å². The highest BCUT2D eigenvalue weighted by Gasteiger charge is 2.32. The number of aliphatic hydroxyl groups excluding tert-OH is 1. The van der Waals surface area contributed by atoms with Crippen LogP contribution in [0.25, 0.3) is 5.57 Å². The van der Waals surface area contributed by atoms with E-state index in [0.717, 1.165) is 6.54 Å². The van der Waals surface area contributed by atoms with Gasteiger partial charge in [0.25, 0.3) is 0 Å². The van der Waals surface area contributed by atoms with Crippen LogP contribution in [0.1, 0.15) is 26.3 Å². The van der Waals surface area contributed by atoms with E-state index in [-0.39, 0.29) is 11.4 Å². The molecule has 2 atom stereocenters. The van der Waals surface area contributed by atoms with Crippen molar-refractivity contribution in [1.82, 2.24) is 4.72 Å². The first-order valence-corrected chi connectivity index (χ1v) is 8.61. The average Bonchev–Trinajstić information content (AvgIpc) is 2.85. The van der Waals surface area contributed by atoms with Crippen LogP contribution in [0, 0.1) is 5.92 Å². The summed E-state index contributed by atoms with van der Waals surface area (Å²) in [5.41, 5.74) is 2.07. The van der Waals surface area contributed by atoms with Crippen molar-refractivity contribution in [3.05, 3.63) is 52.8 Å². The van der Waals surface area contributed by atoms with E-state index in [9.17, 15) is 5.11 Å². The summed E-state index contributed by atoms with van der Waals surface area (Å²) in [6.07, 6.45) is 2.14. The van der Waals surface area contributed by atoms with Crippen LogP contribution in [0.2, 0.25) is 0 Å². The van der Waals surface area contributed by atoms with Crippen LogP contribution in [0.15, 0.2) is 47.2 Å². The second-order valence-corrected chi connectivity index (χ2v) is 7.94. The molecular formula is C16H23NOS. The van der Waals surface area contributed by atoms with Gasteiger partial charge in [-0.2, -0.15) is 0 Å². The molecule has 1 aromatic rings. The van der Waals surface area contributed by atoms with Crippen molar-refractivity contribution >= 4 is 15.8 Å². The molecule has 0 saturated carbocycles. The summed E-state index contributed by atoms with van der Waals surface area (Å²) in [6.45, 7) is 7.09. The smallest absolute Gasteiger partial charge is 0.104 e. The van der Waals surface area contributed by atoms with Gasteiger partial charge in [0.05, 0.1) is 0 Å². The van der Waals surface area contributed by atoms with Gasteiger partial charge in [-0.15, -0.1) is 10.2 Å². The van der Waals surface area contributed by atoms with Crippen molar-refractivity contribution in [2.75, 3.05) is 6.54 Å². The Hall–Kier alpha value is -1.03. The summed E-state index contributed by atoms with van der Waals surface area (Å²) in [7, 11) is -1.42. The van der Waals surface area contributed by atoms with Gasteiger partial charge < -0.3 is 5.11 Å². The highest BCUT2D eigenvalue weighted by molar-refractivity contribution is 8.37. The molecule has 0 saturated heterocycles. The minimum atomic E-state index is -1.42. The summed E-state index contributed by atoms with van der Waals surface area (Å²) in [4.78, 5) is 0. The molecule has 1 aliphatic heterocycles. The fourth-order valence-corrected chi connectivity index (χ4v) is 5.43. The van der Waals surface area contributed by atoms with Gasteiger partial charge in [-0.3, -0.25) is 4.72 Å². The lowest BCUT2D eigenvalue weighted by molar-refractivity contribution is 0.208. The fraction of sp³-hybridized carbons (Fsp3) is 0.375. The van der Waals surface area contributed by atoms with E-state index >= 15 is 0 Å². The second kappa shape index (κ2) is 5.95. The molecule has 0 spiro atoms. The van der Waals surface area contributed by atoms with Crippen LogP contribution in [0.5, 0.6) is 0 Å². The third-order valence-corrected chi connectivity index (χ3v) is 6.63. The molecule has 3 heteroatoms. The minimum absolute atomic E-state index is 0.241. The zero-order chi connectivity index (χ0) is 13.9. The van der Waals surface area contributed by atoms with Crippen molar-refractivity contribution in [2.24, 2.45) is 5.92 Å². The van der Waals surface area contributed by atoms with E-state index in [1.165, 1.54) is 11.1 Å². The van der Waals surface area contributed by atoms with Gasteiger partial charge in [0, 0.05) is 6.54 Å². The van der Waals surface area contributed by atoms with Crippen LogP contribution in [0.3, 0.4) is 0 Å². The fourth-order valence-electron chi connectivity index (χ4n) is 2.30. The van der Waals surface area contributed by atoms with Gasteiger partial charge in [0.1, 0.15) is 5.44 Å². The van der Waals surface area contributed by atoms with Crippen molar-refractivity contribution in [1.29, 1.82) is 0 Å². The quantitative estimate of drug-likeness (QED) is 0.856. The Morgan fingerprint density at radius 2 is 1.89 bits per heavy atom. The van der Waals surface area contributed by atoms with Gasteiger partial charge in [-0.05, 0) is 33.9 Å². The molecule has 2 nitrogen and oxygen atoms in total. The normalized spacial score (nSPS) is 27.1. The zero-order valence-electron chi connectivity index (χ0n) is 11.8. The summed E-state index contributed by atoms with van der Waals surface area (Å²) in [6, 6.07) is 10.3. The average molecular weight is 277 g/mol. The lowest BCUT2D eigenvalue weighted by Crippen LogP contribution is -2.30. The lowest BCUT2D eigenvalue weighted by atomic mass is 10.1. The van der Waals surface area contributed by atoms with Gasteiger partial charge in [-0.25, -0.2) is 0 Å². The van der Waals surface area contributed by atoms with E-state index < -0.39 is 10.2 Å². The van der Waals surface area contributed by atoms with Crippen molar-refractivity contribution in [3.8, 4) is 0 Å². The number of hydrogen-bond acceptors (Lipinski definition) is 2. The first kappa shape index (κ1) is 14.4. The van der Waals surface area contributed by atoms with E-state index in [2.05, 4.69) is 54.5 Å². The topological polar surface area (TPSA) is 32.3 Å². The predicted molar refractivity (Wildman–Crippen MR) is 85.7 cm³/mol. The Morgan fingerprint density at radius 1 is 1.21 bits per heavy atom. The molecule has 0 aliphatic carbocycles. The zero-order valence-corrected chi connectivity index (χ0v) is 12.7. The number of hydrogen-bond donors (Lipinski definition) is 2. The molecule has 0 amide bonds. The van der Waals surface area contributed by atoms with Gasteiger partial charge >= 0.3 is 0 Å². The molecule has 2 unspecified atom stereocenters. The molecule has 0 fully saturated rings. The number of allylic oxidation sites excluding steroid dienone is 2. The molecule has 19 heavy (non-hydrogen) atoms.